The van der Waals surface area contributed by atoms with Gasteiger partial charge in [-0.25, -0.2) is 4.85 Å². The summed E-state index contributed by atoms with van der Waals surface area (Å²) in [5.41, 5.74) is 5.27. The Balaban J connectivity index is -0.000000238. The number of esters is 2. The number of aryl methyl sites for hydroxylation is 2. The Bertz CT molecular complexity index is 2560. The molecule has 6 rings (SSSR count). The Morgan fingerprint density at radius 1 is 0.672 bits per heavy atom. The van der Waals surface area contributed by atoms with Crippen molar-refractivity contribution in [2.24, 2.45) is 0 Å². The summed E-state index contributed by atoms with van der Waals surface area (Å²) in [5, 5.41) is 39.8. The molecule has 0 heterocycles. The first-order valence-corrected chi connectivity index (χ1v) is 19.4. The molecule has 67 heavy (non-hydrogen) atoms. The Kier molecular flexibility index (Phi) is 40.2. The van der Waals surface area contributed by atoms with Gasteiger partial charge in [0.1, 0.15) is 29.8 Å². The fourth-order valence-corrected chi connectivity index (χ4v) is 5.70. The van der Waals surface area contributed by atoms with Crippen molar-refractivity contribution in [3.8, 4) is 23.6 Å². The number of hydrogen-bond donors (Lipinski definition) is 2. The number of fused-ring (bicyclic) bond motifs is 2. The van der Waals surface area contributed by atoms with Gasteiger partial charge in [-0.2, -0.15) is 10.5 Å². The zero-order valence-electron chi connectivity index (χ0n) is 39.2. The summed E-state index contributed by atoms with van der Waals surface area (Å²) < 4.78 is 9.26. The molecule has 6 aromatic rings. The van der Waals surface area contributed by atoms with Crippen LogP contribution in [0.5, 0.6) is 11.5 Å². The summed E-state index contributed by atoms with van der Waals surface area (Å²) in [6.07, 6.45) is 1.01. The number of nitrogens with zero attached hydrogens (tertiary/aromatic N) is 3. The molecule has 0 fully saturated rings. The van der Waals surface area contributed by atoms with Crippen LogP contribution < -0.4 is 29.6 Å². The number of carbonyl (C=O) groups excluding carboxylic acids is 3. The fourth-order valence-electron chi connectivity index (χ4n) is 5.70. The minimum absolute atomic E-state index is 0. The molecule has 0 atom stereocenters. The molecule has 12 radical (unpaired) electrons. The fraction of sp³-hybridized carbons (Fsp3) is 0.216. The van der Waals surface area contributed by atoms with Crippen molar-refractivity contribution in [2.75, 3.05) is 13.2 Å². The number of hydrogen-bond acceptors (Lipinski definition) is 10. The summed E-state index contributed by atoms with van der Waals surface area (Å²) in [6, 6.07) is 44.2. The van der Waals surface area contributed by atoms with E-state index in [4.69, 9.17) is 21.8 Å². The third-order valence-corrected chi connectivity index (χ3v) is 8.44. The van der Waals surface area contributed by atoms with Crippen molar-refractivity contribution in [1.29, 1.82) is 10.5 Å². The number of aromatic hydroxyl groups is 2. The van der Waals surface area contributed by atoms with Crippen LogP contribution in [-0.2, 0) is 36.7 Å². The van der Waals surface area contributed by atoms with Crippen LogP contribution in [0.3, 0.4) is 0 Å². The molecule has 0 bridgehead atoms. The van der Waals surface area contributed by atoms with Crippen molar-refractivity contribution < 1.29 is 69.1 Å². The molecule has 0 aliphatic rings. The minimum atomic E-state index is -0.532. The van der Waals surface area contributed by atoms with E-state index in [0.29, 0.717) is 30.8 Å². The second-order valence-corrected chi connectivity index (χ2v) is 13.4. The van der Waals surface area contributed by atoms with Crippen molar-refractivity contribution in [3.05, 3.63) is 178 Å². The Labute approximate surface area is 425 Å². The number of allylic oxidation sites excluding steroid dienone is 1. The predicted octanol–water partition coefficient (Wildman–Crippen LogP) is 6.15. The van der Waals surface area contributed by atoms with Gasteiger partial charge in [-0.1, -0.05) is 128 Å². The number of carbonyl (C=O) groups is 3. The maximum Gasteiger partial charge on any atom is 1.00 e. The Hall–Kier alpha value is -6.52. The first-order chi connectivity index (χ1) is 29.3. The Morgan fingerprint density at radius 3 is 1.60 bits per heavy atom. The molecule has 3 N–H and O–H groups in total. The van der Waals surface area contributed by atoms with Gasteiger partial charge in [-0.05, 0) is 86.2 Å². The van der Waals surface area contributed by atoms with Gasteiger partial charge >= 0.3 is 41.5 Å². The average molecular weight is 901 g/mol. The van der Waals surface area contributed by atoms with Gasteiger partial charge in [0.25, 0.3) is 5.70 Å². The van der Waals surface area contributed by atoms with E-state index >= 15 is 0 Å². The number of benzene rings is 6. The van der Waals surface area contributed by atoms with Gasteiger partial charge in [-0.3, -0.25) is 14.4 Å². The zero-order chi connectivity index (χ0) is 45.2. The van der Waals surface area contributed by atoms with Crippen LogP contribution in [0.4, 0.5) is 0 Å². The third-order valence-electron chi connectivity index (χ3n) is 8.44. The van der Waals surface area contributed by atoms with E-state index < -0.39 is 11.9 Å². The molecule has 0 aliphatic carbocycles. The molecule has 0 amide bonds. The van der Waals surface area contributed by atoms with Gasteiger partial charge in [0, 0.05) is 50.8 Å². The number of phenols is 2. The van der Waals surface area contributed by atoms with Crippen LogP contribution in [0, 0.1) is 43.1 Å². The standard InChI is InChI=1S/C14H15NO2.C12H9NO.C11H10O.C9H10O.C5H7NO2.4B.Na.H2O/c1-4-17-14(16)13(15-3)11(2)10-12-8-6-5-7-9-12;1-8-6-9-4-2-3-5-10(9)12(14)11(8)7-13;1-8-6-9-4-2-3-5-10(9)11(12)7-8;1-8(10)7-9-5-3-2-4-6-9;1-2-8-5(7)3-4-6;;;;;;/h5-9H,4,10H2,1-2H3;2-6,14H,1H3;2-7,12H,1H3;2-6H,7H2,1H3;2-3H2,1H3;;;;;;1H2/q;;;;;;;;;+1;/p-1/b13-11-;;;;;;;;;;. The van der Waals surface area contributed by atoms with Crippen LogP contribution in [-0.4, -0.2) is 80.3 Å². The summed E-state index contributed by atoms with van der Waals surface area (Å²) in [5.74, 6) is -0.314. The first-order valence-electron chi connectivity index (χ1n) is 19.4. The van der Waals surface area contributed by atoms with E-state index in [0.717, 1.165) is 49.4 Å². The zero-order valence-corrected chi connectivity index (χ0v) is 41.2. The SMILES string of the molecule is CC(=O)Cc1ccccc1.CCOC(=O)CC#N.Cc1cc(O)c2ccccc2c1.Cc1cc2ccccc2c(O)c1C#N.[B].[B].[B].[B].[C-]#[N+]/C(C(=O)OCC)=C(/C)Cc1ccccc1.[Na+].[OH-]. The molecule has 0 aliphatic heterocycles. The van der Waals surface area contributed by atoms with E-state index in [1.165, 1.54) is 0 Å². The second-order valence-electron chi connectivity index (χ2n) is 13.4. The number of phenolic OH excluding ortho intramolecular Hbond substituents is 2. The van der Waals surface area contributed by atoms with Crippen molar-refractivity contribution in [3.63, 3.8) is 0 Å². The van der Waals surface area contributed by atoms with Crippen LogP contribution in [0.25, 0.3) is 26.4 Å². The van der Waals surface area contributed by atoms with Gasteiger partial charge < -0.3 is 25.2 Å². The topological polar surface area (TPSA) is 192 Å². The monoisotopic (exact) mass is 901 g/mol. The molecule has 0 saturated heterocycles. The van der Waals surface area contributed by atoms with Crippen LogP contribution in [0.15, 0.2) is 139 Å². The normalized spacial score (nSPS) is 9.12. The largest absolute Gasteiger partial charge is 1.00 e. The van der Waals surface area contributed by atoms with E-state index in [1.807, 2.05) is 135 Å². The molecule has 6 aromatic carbocycles. The first kappa shape index (κ1) is 69.5. The smallest absolute Gasteiger partial charge is 0.870 e. The van der Waals surface area contributed by atoms with Gasteiger partial charge in [0.15, 0.2) is 0 Å². The third kappa shape index (κ3) is 25.1. The maximum atomic E-state index is 11.5. The van der Waals surface area contributed by atoms with Crippen LogP contribution in [0.1, 0.15) is 61.9 Å². The second kappa shape index (κ2) is 38.7. The summed E-state index contributed by atoms with van der Waals surface area (Å²) in [7, 11) is 0. The van der Waals surface area contributed by atoms with E-state index in [2.05, 4.69) is 15.6 Å². The van der Waals surface area contributed by atoms with Crippen molar-refractivity contribution >= 4 is 72.9 Å². The van der Waals surface area contributed by atoms with Gasteiger partial charge in [0.2, 0.25) is 0 Å². The van der Waals surface area contributed by atoms with E-state index in [1.54, 1.807) is 39.8 Å². The molecule has 11 nitrogen and oxygen atoms in total. The molecule has 0 saturated carbocycles. The minimum Gasteiger partial charge on any atom is -0.870 e. The number of rotatable bonds is 8. The van der Waals surface area contributed by atoms with E-state index in [-0.39, 0.29) is 98.9 Å². The quantitative estimate of drug-likeness (QED) is 0.0775. The van der Waals surface area contributed by atoms with Crippen molar-refractivity contribution in [1.82, 2.24) is 0 Å². The maximum absolute atomic E-state index is 11.5. The summed E-state index contributed by atoms with van der Waals surface area (Å²) in [6.45, 7) is 18.3. The average Bonchev–Trinajstić information content (AvgIpc) is 3.23. The molecule has 16 heteroatoms. The van der Waals surface area contributed by atoms with Crippen LogP contribution in [0.2, 0.25) is 0 Å². The summed E-state index contributed by atoms with van der Waals surface area (Å²) >= 11 is 0. The molecule has 0 spiro atoms. The number of ketones is 1. The molecule has 332 valence electrons. The number of ether oxygens (including phenoxy) is 2. The summed E-state index contributed by atoms with van der Waals surface area (Å²) in [4.78, 5) is 35.6. The molecular formula is C51H52B4N3NaO8. The molecule has 0 aromatic heterocycles. The van der Waals surface area contributed by atoms with Gasteiger partial charge in [-0.15, -0.1) is 0 Å². The van der Waals surface area contributed by atoms with Gasteiger partial charge in [0.05, 0.1) is 31.4 Å². The Morgan fingerprint density at radius 2 is 1.13 bits per heavy atom. The van der Waals surface area contributed by atoms with Crippen molar-refractivity contribution in [2.45, 2.75) is 60.8 Å². The molecular weight excluding hydrogens is 849 g/mol. The van der Waals surface area contributed by atoms with Crippen LogP contribution >= 0.6 is 0 Å². The molecule has 0 unspecified atom stereocenters. The predicted molar refractivity (Wildman–Crippen MR) is 264 cm³/mol. The number of Topliss-reactive ketones (excluding diaryl/α,β-unsaturated/α-hetero) is 1. The number of nitriles is 2. The van der Waals surface area contributed by atoms with E-state index in [9.17, 15) is 24.6 Å².